The minimum atomic E-state index is -0.465. The highest BCUT2D eigenvalue weighted by molar-refractivity contribution is 5.79. The summed E-state index contributed by atoms with van der Waals surface area (Å²) in [5.74, 6) is 0. The molecule has 0 aliphatic carbocycles. The van der Waals surface area contributed by atoms with Crippen molar-refractivity contribution in [1.29, 1.82) is 0 Å². The molecule has 0 saturated heterocycles. The molecule has 2 aromatic carbocycles. The van der Waals surface area contributed by atoms with Crippen molar-refractivity contribution in [3.8, 4) is 0 Å². The highest BCUT2D eigenvalue weighted by Gasteiger charge is 2.07. The molecular formula is C17H17N3O2. The number of hydrogen-bond donors (Lipinski definition) is 1. The smallest absolute Gasteiger partial charge is 0.303 e. The number of allylic oxidation sites excluding steroid dienone is 1. The average Bonchev–Trinajstić information content (AvgIpc) is 2.50. The molecule has 0 aromatic heterocycles. The zero-order chi connectivity index (χ0) is 15.9. The maximum Gasteiger partial charge on any atom is 0.303 e. The van der Waals surface area contributed by atoms with Gasteiger partial charge < -0.3 is 5.32 Å². The molecule has 5 heteroatoms. The summed E-state index contributed by atoms with van der Waals surface area (Å²) in [4.78, 5) is 14.8. The fourth-order valence-electron chi connectivity index (χ4n) is 1.87. The molecular weight excluding hydrogens is 278 g/mol. The van der Waals surface area contributed by atoms with E-state index in [0.717, 1.165) is 16.8 Å². The molecule has 0 aliphatic rings. The van der Waals surface area contributed by atoms with E-state index in [2.05, 4.69) is 10.3 Å². The van der Waals surface area contributed by atoms with E-state index in [9.17, 15) is 10.1 Å². The first kappa shape index (κ1) is 15.4. The van der Waals surface area contributed by atoms with Crippen molar-refractivity contribution in [2.24, 2.45) is 4.99 Å². The van der Waals surface area contributed by atoms with E-state index in [-0.39, 0.29) is 5.70 Å². The predicted molar refractivity (Wildman–Crippen MR) is 89.2 cm³/mol. The number of rotatable bonds is 5. The van der Waals surface area contributed by atoms with Crippen molar-refractivity contribution >= 4 is 17.6 Å². The number of benzene rings is 2. The summed E-state index contributed by atoms with van der Waals surface area (Å²) in [6.45, 7) is 3.84. The maximum atomic E-state index is 11.1. The largest absolute Gasteiger partial charge is 0.356 e. The van der Waals surface area contributed by atoms with Gasteiger partial charge in [0.25, 0.3) is 0 Å². The summed E-state index contributed by atoms with van der Waals surface area (Å²) in [6.07, 6.45) is 2.61. The van der Waals surface area contributed by atoms with Crippen molar-refractivity contribution in [3.05, 3.63) is 81.7 Å². The van der Waals surface area contributed by atoms with E-state index in [0.29, 0.717) is 5.69 Å². The van der Waals surface area contributed by atoms with Crippen LogP contribution in [0.15, 0.2) is 65.4 Å². The van der Waals surface area contributed by atoms with Gasteiger partial charge in [-0.25, -0.2) is 4.99 Å². The van der Waals surface area contributed by atoms with Gasteiger partial charge in [-0.1, -0.05) is 36.4 Å². The Morgan fingerprint density at radius 3 is 2.36 bits per heavy atom. The van der Waals surface area contributed by atoms with Gasteiger partial charge in [-0.2, -0.15) is 0 Å². The molecule has 0 fully saturated rings. The van der Waals surface area contributed by atoms with Gasteiger partial charge in [-0.3, -0.25) is 10.1 Å². The number of nitrogens with one attached hydrogen (secondary N) is 1. The van der Waals surface area contributed by atoms with Gasteiger partial charge in [-0.05, 0) is 37.1 Å². The van der Waals surface area contributed by atoms with Crippen LogP contribution in [-0.4, -0.2) is 11.1 Å². The second-order valence-corrected chi connectivity index (χ2v) is 4.83. The van der Waals surface area contributed by atoms with Crippen molar-refractivity contribution in [2.75, 3.05) is 5.32 Å². The second-order valence-electron chi connectivity index (χ2n) is 4.83. The van der Waals surface area contributed by atoms with E-state index in [1.165, 1.54) is 12.4 Å². The van der Waals surface area contributed by atoms with Crippen LogP contribution in [0.1, 0.15) is 11.1 Å². The Hall–Kier alpha value is -2.95. The van der Waals surface area contributed by atoms with Gasteiger partial charge in [0.1, 0.15) is 6.21 Å². The quantitative estimate of drug-likeness (QED) is 0.509. The van der Waals surface area contributed by atoms with Gasteiger partial charge in [-0.15, -0.1) is 0 Å². The third kappa shape index (κ3) is 4.02. The van der Waals surface area contributed by atoms with Crippen LogP contribution in [0.3, 0.4) is 0 Å². The molecule has 0 bridgehead atoms. The molecule has 0 saturated carbocycles. The van der Waals surface area contributed by atoms with Gasteiger partial charge in [0.05, 0.1) is 16.8 Å². The third-order valence-electron chi connectivity index (χ3n) is 3.18. The molecule has 0 heterocycles. The lowest BCUT2D eigenvalue weighted by molar-refractivity contribution is -0.414. The minimum Gasteiger partial charge on any atom is -0.356 e. The van der Waals surface area contributed by atoms with Crippen molar-refractivity contribution in [3.63, 3.8) is 0 Å². The predicted octanol–water partition coefficient (Wildman–Crippen LogP) is 4.24. The first-order valence-corrected chi connectivity index (χ1v) is 6.84. The number of nitrogens with zero attached hydrogens (tertiary/aromatic N) is 2. The fraction of sp³-hybridized carbons (Fsp3) is 0.118. The molecule has 0 aliphatic heterocycles. The summed E-state index contributed by atoms with van der Waals surface area (Å²) in [5, 5.41) is 14.1. The molecule has 22 heavy (non-hydrogen) atoms. The molecule has 0 atom stereocenters. The Morgan fingerprint density at radius 1 is 1.09 bits per heavy atom. The van der Waals surface area contributed by atoms with E-state index in [1.54, 1.807) is 0 Å². The molecule has 2 rings (SSSR count). The lowest BCUT2D eigenvalue weighted by Crippen LogP contribution is -2.03. The number of aliphatic imine (C=N–C) groups is 1. The first-order valence-electron chi connectivity index (χ1n) is 6.84. The Bertz CT molecular complexity index is 736. The van der Waals surface area contributed by atoms with Crippen molar-refractivity contribution in [2.45, 2.75) is 13.8 Å². The third-order valence-corrected chi connectivity index (χ3v) is 3.18. The average molecular weight is 295 g/mol. The monoisotopic (exact) mass is 295 g/mol. The van der Waals surface area contributed by atoms with Crippen molar-refractivity contribution < 1.29 is 4.92 Å². The zero-order valence-electron chi connectivity index (χ0n) is 12.5. The highest BCUT2D eigenvalue weighted by atomic mass is 16.6. The number of para-hydroxylation sites is 2. The van der Waals surface area contributed by atoms with Crippen LogP contribution in [0.2, 0.25) is 0 Å². The maximum absolute atomic E-state index is 11.1. The molecule has 2 aromatic rings. The summed E-state index contributed by atoms with van der Waals surface area (Å²) >= 11 is 0. The van der Waals surface area contributed by atoms with Crippen LogP contribution in [0, 0.1) is 24.0 Å². The summed E-state index contributed by atoms with van der Waals surface area (Å²) in [7, 11) is 0. The van der Waals surface area contributed by atoms with E-state index >= 15 is 0 Å². The molecule has 0 amide bonds. The minimum absolute atomic E-state index is 0.105. The highest BCUT2D eigenvalue weighted by Crippen LogP contribution is 2.17. The Balaban J connectivity index is 2.20. The topological polar surface area (TPSA) is 67.5 Å². The van der Waals surface area contributed by atoms with Crippen LogP contribution >= 0.6 is 0 Å². The first-order chi connectivity index (χ1) is 10.6. The number of aryl methyl sites for hydroxylation is 2. The standard InChI is InChI=1S/C17H17N3O2/c1-13-7-3-5-9-16(13)18-11-15(20(21)22)12-19-17-10-6-4-8-14(17)2/h3-12,18H,1-2H3. The Labute approximate surface area is 129 Å². The van der Waals surface area contributed by atoms with Crippen LogP contribution < -0.4 is 5.32 Å². The molecule has 0 radical (unpaired) electrons. The van der Waals surface area contributed by atoms with Gasteiger partial charge in [0, 0.05) is 5.69 Å². The summed E-state index contributed by atoms with van der Waals surface area (Å²) < 4.78 is 0. The molecule has 112 valence electrons. The number of anilines is 1. The van der Waals surface area contributed by atoms with Crippen LogP contribution in [0.5, 0.6) is 0 Å². The van der Waals surface area contributed by atoms with Crippen LogP contribution in [0.4, 0.5) is 11.4 Å². The lowest BCUT2D eigenvalue weighted by atomic mass is 10.2. The number of hydrogen-bond acceptors (Lipinski definition) is 4. The van der Waals surface area contributed by atoms with Crippen LogP contribution in [-0.2, 0) is 0 Å². The Kier molecular flexibility index (Phi) is 5.03. The lowest BCUT2D eigenvalue weighted by Gasteiger charge is -2.04. The van der Waals surface area contributed by atoms with Gasteiger partial charge in [0.2, 0.25) is 0 Å². The zero-order valence-corrected chi connectivity index (χ0v) is 12.5. The summed E-state index contributed by atoms with van der Waals surface area (Å²) in [5.41, 5.74) is 3.41. The molecule has 1 N–H and O–H groups in total. The van der Waals surface area contributed by atoms with Crippen LogP contribution in [0.25, 0.3) is 0 Å². The SMILES string of the molecule is Cc1ccccc1N=CC(=CNc1ccccc1C)[N+](=O)[O-]. The van der Waals surface area contributed by atoms with E-state index < -0.39 is 4.92 Å². The molecule has 0 unspecified atom stereocenters. The number of nitro groups is 1. The second kappa shape index (κ2) is 7.17. The summed E-state index contributed by atoms with van der Waals surface area (Å²) in [6, 6.07) is 15.1. The van der Waals surface area contributed by atoms with E-state index in [1.807, 2.05) is 62.4 Å². The molecule has 5 nitrogen and oxygen atoms in total. The molecule has 0 spiro atoms. The fourth-order valence-corrected chi connectivity index (χ4v) is 1.87. The Morgan fingerprint density at radius 2 is 1.73 bits per heavy atom. The normalized spacial score (nSPS) is 11.6. The van der Waals surface area contributed by atoms with E-state index in [4.69, 9.17) is 0 Å². The van der Waals surface area contributed by atoms with Gasteiger partial charge >= 0.3 is 5.70 Å². The van der Waals surface area contributed by atoms with Gasteiger partial charge in [0.15, 0.2) is 0 Å². The van der Waals surface area contributed by atoms with Crippen molar-refractivity contribution in [1.82, 2.24) is 0 Å².